The van der Waals surface area contributed by atoms with Gasteiger partial charge in [-0.1, -0.05) is 0 Å². The van der Waals surface area contributed by atoms with Gasteiger partial charge in [-0.3, -0.25) is 4.79 Å². The van der Waals surface area contributed by atoms with Crippen molar-refractivity contribution < 1.29 is 25.2 Å². The number of aliphatic hydroxyl groups is 4. The molecule has 1 amide bonds. The third kappa shape index (κ3) is 3.59. The van der Waals surface area contributed by atoms with Crippen LogP contribution in [0.2, 0.25) is 0 Å². The molecule has 0 aromatic rings. The number of rotatable bonds is 6. The molecule has 0 spiro atoms. The lowest BCUT2D eigenvalue weighted by Crippen LogP contribution is -2.46. The number of amides is 1. The topological polar surface area (TPSA) is 101 Å². The van der Waals surface area contributed by atoms with Crippen LogP contribution in [0.5, 0.6) is 0 Å². The summed E-state index contributed by atoms with van der Waals surface area (Å²) in [7, 11) is 0. The summed E-state index contributed by atoms with van der Waals surface area (Å²) in [5.41, 5.74) is 0. The minimum atomic E-state index is -1.63. The van der Waals surface area contributed by atoms with Crippen molar-refractivity contribution in [2.24, 2.45) is 0 Å². The molecule has 6 nitrogen and oxygen atoms in total. The Morgan fingerprint density at radius 3 is 2.29 bits per heavy atom. The fourth-order valence-electron chi connectivity index (χ4n) is 0.996. The van der Waals surface area contributed by atoms with Gasteiger partial charge in [0.05, 0.1) is 13.2 Å². The van der Waals surface area contributed by atoms with Crippen molar-refractivity contribution in [1.82, 2.24) is 4.90 Å². The lowest BCUT2D eigenvalue weighted by atomic mass is 10.2. The van der Waals surface area contributed by atoms with E-state index in [9.17, 15) is 9.90 Å². The molecule has 0 rings (SSSR count). The Morgan fingerprint density at radius 2 is 1.93 bits per heavy atom. The zero-order valence-corrected chi connectivity index (χ0v) is 8.13. The van der Waals surface area contributed by atoms with Crippen LogP contribution in [0.1, 0.15) is 6.92 Å². The molecule has 0 saturated carbocycles. The monoisotopic (exact) mass is 207 g/mol. The molecule has 0 aliphatic carbocycles. The molecule has 0 aromatic heterocycles. The molecule has 0 radical (unpaired) electrons. The van der Waals surface area contributed by atoms with Gasteiger partial charge in [0.2, 0.25) is 0 Å². The van der Waals surface area contributed by atoms with Crippen molar-refractivity contribution >= 4 is 5.91 Å². The summed E-state index contributed by atoms with van der Waals surface area (Å²) in [6.45, 7) is 1.23. The molecule has 0 aromatic carbocycles. The van der Waals surface area contributed by atoms with Crippen LogP contribution in [0.15, 0.2) is 0 Å². The smallest absolute Gasteiger partial charge is 0.254 e. The average molecular weight is 207 g/mol. The lowest BCUT2D eigenvalue weighted by molar-refractivity contribution is -0.148. The number of carbonyl (C=O) groups excluding carboxylic acids is 1. The number of nitrogens with zero attached hydrogens (tertiary/aromatic N) is 1. The quantitative estimate of drug-likeness (QED) is 0.387. The van der Waals surface area contributed by atoms with Gasteiger partial charge in [-0.15, -0.1) is 0 Å². The van der Waals surface area contributed by atoms with E-state index in [1.165, 1.54) is 4.90 Å². The van der Waals surface area contributed by atoms with E-state index in [2.05, 4.69) is 0 Å². The van der Waals surface area contributed by atoms with Gasteiger partial charge in [0.25, 0.3) is 5.91 Å². The second-order valence-electron chi connectivity index (χ2n) is 2.84. The second-order valence-corrected chi connectivity index (χ2v) is 2.84. The Morgan fingerprint density at radius 1 is 1.36 bits per heavy atom. The van der Waals surface area contributed by atoms with E-state index in [-0.39, 0.29) is 13.2 Å². The van der Waals surface area contributed by atoms with E-state index in [1.807, 2.05) is 0 Å². The zero-order chi connectivity index (χ0) is 11.1. The summed E-state index contributed by atoms with van der Waals surface area (Å²) in [6, 6.07) is 0. The fraction of sp³-hybridized carbons (Fsp3) is 0.875. The van der Waals surface area contributed by atoms with E-state index in [1.54, 1.807) is 6.92 Å². The number of hydrogen-bond acceptors (Lipinski definition) is 5. The Balaban J connectivity index is 4.26. The van der Waals surface area contributed by atoms with E-state index < -0.39 is 24.7 Å². The Labute approximate surface area is 82.4 Å². The zero-order valence-electron chi connectivity index (χ0n) is 8.13. The Kier molecular flexibility index (Phi) is 6.39. The van der Waals surface area contributed by atoms with Crippen molar-refractivity contribution in [2.45, 2.75) is 19.1 Å². The minimum absolute atomic E-state index is 0.102. The molecular formula is C8H17NO5. The van der Waals surface area contributed by atoms with Crippen LogP contribution < -0.4 is 0 Å². The number of likely N-dealkylation sites (N-methyl/N-ethyl adjacent to an activating group) is 1. The first-order valence-electron chi connectivity index (χ1n) is 4.45. The van der Waals surface area contributed by atoms with Gasteiger partial charge < -0.3 is 25.3 Å². The first kappa shape index (κ1) is 13.3. The molecular weight excluding hydrogens is 190 g/mol. The van der Waals surface area contributed by atoms with Crippen LogP contribution in [0.4, 0.5) is 0 Å². The summed E-state index contributed by atoms with van der Waals surface area (Å²) in [6.07, 6.45) is -3.11. The molecule has 0 fully saturated rings. The van der Waals surface area contributed by atoms with Crippen molar-refractivity contribution in [2.75, 3.05) is 26.3 Å². The summed E-state index contributed by atoms with van der Waals surface area (Å²) >= 11 is 0. The van der Waals surface area contributed by atoms with Crippen molar-refractivity contribution in [3.63, 3.8) is 0 Å². The largest absolute Gasteiger partial charge is 0.395 e. The maximum Gasteiger partial charge on any atom is 0.254 e. The van der Waals surface area contributed by atoms with Crippen LogP contribution in [0.3, 0.4) is 0 Å². The maximum atomic E-state index is 11.4. The highest BCUT2D eigenvalue weighted by molar-refractivity contribution is 5.81. The van der Waals surface area contributed by atoms with Crippen LogP contribution in [-0.2, 0) is 4.79 Å². The standard InChI is InChI=1S/C8H17NO5/c1-2-9(3-4-10)8(14)7(13)6(12)5-11/h6-7,10-13H,2-5H2,1H3. The highest BCUT2D eigenvalue weighted by atomic mass is 16.4. The normalized spacial score (nSPS) is 14.9. The van der Waals surface area contributed by atoms with E-state index in [4.69, 9.17) is 15.3 Å². The molecule has 0 heterocycles. The molecule has 6 heteroatoms. The Bertz CT molecular complexity index is 171. The molecule has 14 heavy (non-hydrogen) atoms. The third-order valence-corrected chi connectivity index (χ3v) is 1.87. The summed E-state index contributed by atoms with van der Waals surface area (Å²) in [4.78, 5) is 12.6. The first-order chi connectivity index (χ1) is 6.58. The third-order valence-electron chi connectivity index (χ3n) is 1.87. The van der Waals surface area contributed by atoms with Gasteiger partial charge in [-0.2, -0.15) is 0 Å². The average Bonchev–Trinajstić information content (AvgIpc) is 2.22. The summed E-state index contributed by atoms with van der Waals surface area (Å²) in [5.74, 6) is -0.692. The SMILES string of the molecule is CCN(CCO)C(=O)C(O)C(O)CO. The van der Waals surface area contributed by atoms with Gasteiger partial charge in [0.15, 0.2) is 6.10 Å². The Hall–Kier alpha value is -0.690. The van der Waals surface area contributed by atoms with Crippen molar-refractivity contribution in [1.29, 1.82) is 0 Å². The number of hydrogen-bond donors (Lipinski definition) is 4. The highest BCUT2D eigenvalue weighted by Crippen LogP contribution is 1.99. The predicted octanol–water partition coefficient (Wildman–Crippen LogP) is -2.46. The summed E-state index contributed by atoms with van der Waals surface area (Å²) < 4.78 is 0. The van der Waals surface area contributed by atoms with Gasteiger partial charge in [-0.05, 0) is 6.92 Å². The molecule has 0 aliphatic heterocycles. The van der Waals surface area contributed by atoms with Gasteiger partial charge in [0, 0.05) is 13.1 Å². The van der Waals surface area contributed by atoms with Crippen molar-refractivity contribution in [3.8, 4) is 0 Å². The molecule has 0 saturated heterocycles. The van der Waals surface area contributed by atoms with Gasteiger partial charge in [0.1, 0.15) is 6.10 Å². The van der Waals surface area contributed by atoms with Crippen LogP contribution in [-0.4, -0.2) is 69.7 Å². The maximum absolute atomic E-state index is 11.4. The number of aliphatic hydroxyl groups excluding tert-OH is 4. The number of carbonyl (C=O) groups is 1. The van der Waals surface area contributed by atoms with E-state index in [0.29, 0.717) is 6.54 Å². The van der Waals surface area contributed by atoms with Crippen LogP contribution >= 0.6 is 0 Å². The predicted molar refractivity (Wildman–Crippen MR) is 48.4 cm³/mol. The van der Waals surface area contributed by atoms with Crippen LogP contribution in [0, 0.1) is 0 Å². The molecule has 0 bridgehead atoms. The fourth-order valence-corrected chi connectivity index (χ4v) is 0.996. The lowest BCUT2D eigenvalue weighted by Gasteiger charge is -2.24. The molecule has 4 N–H and O–H groups in total. The van der Waals surface area contributed by atoms with Crippen molar-refractivity contribution in [3.05, 3.63) is 0 Å². The van der Waals surface area contributed by atoms with E-state index >= 15 is 0 Å². The first-order valence-corrected chi connectivity index (χ1v) is 4.45. The molecule has 84 valence electrons. The molecule has 0 aliphatic rings. The van der Waals surface area contributed by atoms with Gasteiger partial charge in [-0.25, -0.2) is 0 Å². The highest BCUT2D eigenvalue weighted by Gasteiger charge is 2.27. The molecule has 2 unspecified atom stereocenters. The minimum Gasteiger partial charge on any atom is -0.395 e. The summed E-state index contributed by atoms with van der Waals surface area (Å²) in [5, 5.41) is 35.3. The van der Waals surface area contributed by atoms with Gasteiger partial charge >= 0.3 is 0 Å². The second kappa shape index (κ2) is 6.72. The molecule has 2 atom stereocenters. The van der Waals surface area contributed by atoms with E-state index in [0.717, 1.165) is 0 Å². The van der Waals surface area contributed by atoms with Crippen LogP contribution in [0.25, 0.3) is 0 Å².